The van der Waals surface area contributed by atoms with Crippen molar-refractivity contribution < 1.29 is 9.26 Å². The molecule has 0 N–H and O–H groups in total. The van der Waals surface area contributed by atoms with Crippen molar-refractivity contribution in [2.45, 2.75) is 17.8 Å². The van der Waals surface area contributed by atoms with Gasteiger partial charge >= 0.3 is 0 Å². The molecule has 2 aromatic heterocycles. The first-order valence-corrected chi connectivity index (χ1v) is 11.3. The molecule has 0 saturated carbocycles. The average Bonchev–Trinajstić information content (AvgIpc) is 3.47. The van der Waals surface area contributed by atoms with Crippen LogP contribution in [0, 0.1) is 6.92 Å². The van der Waals surface area contributed by atoms with Crippen LogP contribution in [0.5, 0.6) is 0 Å². The van der Waals surface area contributed by atoms with Crippen LogP contribution >= 0.6 is 11.8 Å². The molecule has 2 aromatic carbocycles. The number of ether oxygens (including phenoxy) is 1. The lowest BCUT2D eigenvalue weighted by Gasteiger charge is -2.27. The van der Waals surface area contributed by atoms with E-state index in [2.05, 4.69) is 56.0 Å². The number of hydrogen-bond acceptors (Lipinski definition) is 7. The summed E-state index contributed by atoms with van der Waals surface area (Å²) in [6.07, 6.45) is 0. The first kappa shape index (κ1) is 19.8. The lowest BCUT2D eigenvalue weighted by atomic mass is 10.2. The molecule has 1 aliphatic rings. The predicted octanol–water partition coefficient (Wildman–Crippen LogP) is 4.36. The number of aryl methyl sites for hydroxylation is 1. The average molecular weight is 434 g/mol. The Bertz CT molecular complexity index is 1130. The van der Waals surface area contributed by atoms with Gasteiger partial charge in [-0.3, -0.25) is 4.57 Å². The molecule has 3 heterocycles. The second-order valence-electron chi connectivity index (χ2n) is 7.39. The maximum absolute atomic E-state index is 5.54. The largest absolute Gasteiger partial charge is 0.378 e. The summed E-state index contributed by atoms with van der Waals surface area (Å²) in [4.78, 5) is 2.23. The first-order chi connectivity index (χ1) is 15.3. The highest BCUT2D eigenvalue weighted by Crippen LogP contribution is 2.30. The van der Waals surface area contributed by atoms with Gasteiger partial charge in [-0.2, -0.15) is 0 Å². The van der Waals surface area contributed by atoms with Gasteiger partial charge in [0.1, 0.15) is 0 Å². The Kier molecular flexibility index (Phi) is 5.73. The van der Waals surface area contributed by atoms with Crippen LogP contribution in [0.15, 0.2) is 70.3 Å². The van der Waals surface area contributed by atoms with Crippen LogP contribution in [0.25, 0.3) is 17.0 Å². The molecule has 0 bridgehead atoms. The fourth-order valence-corrected chi connectivity index (χ4v) is 4.33. The van der Waals surface area contributed by atoms with Gasteiger partial charge in [-0.25, -0.2) is 0 Å². The molecule has 0 amide bonds. The van der Waals surface area contributed by atoms with Gasteiger partial charge in [-0.15, -0.1) is 10.2 Å². The molecule has 0 aliphatic carbocycles. The third-order valence-corrected chi connectivity index (χ3v) is 6.13. The zero-order valence-electron chi connectivity index (χ0n) is 17.3. The van der Waals surface area contributed by atoms with Crippen LogP contribution in [0.4, 0.5) is 5.95 Å². The van der Waals surface area contributed by atoms with Crippen LogP contribution in [0.3, 0.4) is 0 Å². The summed E-state index contributed by atoms with van der Waals surface area (Å²) < 4.78 is 13.2. The van der Waals surface area contributed by atoms with Crippen LogP contribution in [0.1, 0.15) is 11.3 Å². The molecule has 31 heavy (non-hydrogen) atoms. The minimum atomic E-state index is 0.642. The van der Waals surface area contributed by atoms with Crippen LogP contribution in [-0.2, 0) is 10.5 Å². The maximum atomic E-state index is 5.54. The highest BCUT2D eigenvalue weighted by molar-refractivity contribution is 7.98. The Morgan fingerprint density at radius 3 is 2.52 bits per heavy atom. The van der Waals surface area contributed by atoms with Crippen molar-refractivity contribution in [2.75, 3.05) is 31.2 Å². The summed E-state index contributed by atoms with van der Waals surface area (Å²) in [6, 6.07) is 20.4. The van der Waals surface area contributed by atoms with E-state index in [1.807, 2.05) is 36.4 Å². The molecule has 5 rings (SSSR count). The normalized spacial score (nSPS) is 14.2. The van der Waals surface area contributed by atoms with E-state index >= 15 is 0 Å². The Balaban J connectivity index is 1.40. The molecule has 0 radical (unpaired) electrons. The summed E-state index contributed by atoms with van der Waals surface area (Å²) in [7, 11) is 0. The van der Waals surface area contributed by atoms with E-state index < -0.39 is 0 Å². The zero-order valence-corrected chi connectivity index (χ0v) is 18.1. The van der Waals surface area contributed by atoms with Crippen molar-refractivity contribution in [3.8, 4) is 17.0 Å². The van der Waals surface area contributed by atoms with Crippen molar-refractivity contribution >= 4 is 17.7 Å². The Labute approximate surface area is 185 Å². The van der Waals surface area contributed by atoms with E-state index in [-0.39, 0.29) is 0 Å². The highest BCUT2D eigenvalue weighted by Gasteiger charge is 2.22. The zero-order chi connectivity index (χ0) is 21.0. The first-order valence-electron chi connectivity index (χ1n) is 10.3. The van der Waals surface area contributed by atoms with Crippen LogP contribution in [0.2, 0.25) is 0 Å². The third-order valence-electron chi connectivity index (χ3n) is 5.17. The molecular weight excluding hydrogens is 410 g/mol. The Morgan fingerprint density at radius 2 is 1.74 bits per heavy atom. The molecule has 158 valence electrons. The SMILES string of the molecule is Cc1ccc(-n2c(SCc3cc(-c4ccccc4)on3)nnc2N2CCOCC2)cc1. The van der Waals surface area contributed by atoms with E-state index in [9.17, 15) is 0 Å². The molecule has 8 heteroatoms. The molecule has 1 aliphatic heterocycles. The standard InChI is InChI=1S/C23H23N5O2S/c1-17-7-9-20(10-8-17)28-22(27-11-13-29-14-12-27)24-25-23(28)31-16-19-15-21(30-26-19)18-5-3-2-4-6-18/h2-10,15H,11-14,16H2,1H3. The fourth-order valence-electron chi connectivity index (χ4n) is 3.50. The second-order valence-corrected chi connectivity index (χ2v) is 8.33. The Hall–Kier alpha value is -3.10. The summed E-state index contributed by atoms with van der Waals surface area (Å²) in [5, 5.41) is 14.1. The predicted molar refractivity (Wildman–Crippen MR) is 121 cm³/mol. The van der Waals surface area contributed by atoms with Crippen molar-refractivity contribution in [3.05, 3.63) is 71.9 Å². The molecule has 7 nitrogen and oxygen atoms in total. The van der Waals surface area contributed by atoms with Gasteiger partial charge in [0.2, 0.25) is 5.95 Å². The number of rotatable bonds is 6. The van der Waals surface area contributed by atoms with Gasteiger partial charge in [0.15, 0.2) is 10.9 Å². The van der Waals surface area contributed by atoms with Gasteiger partial charge in [0, 0.05) is 30.5 Å². The van der Waals surface area contributed by atoms with Crippen LogP contribution < -0.4 is 4.90 Å². The van der Waals surface area contributed by atoms with Crippen molar-refractivity contribution in [1.29, 1.82) is 0 Å². The third kappa shape index (κ3) is 4.35. The smallest absolute Gasteiger partial charge is 0.232 e. The van der Waals surface area contributed by atoms with E-state index in [1.165, 1.54) is 5.56 Å². The summed E-state index contributed by atoms with van der Waals surface area (Å²) in [5.74, 6) is 2.26. The number of aromatic nitrogens is 4. The minimum absolute atomic E-state index is 0.642. The van der Waals surface area contributed by atoms with E-state index in [4.69, 9.17) is 9.26 Å². The maximum Gasteiger partial charge on any atom is 0.232 e. The number of hydrogen-bond donors (Lipinski definition) is 0. The molecule has 0 atom stereocenters. The van der Waals surface area contributed by atoms with E-state index in [1.54, 1.807) is 11.8 Å². The number of anilines is 1. The quantitative estimate of drug-likeness (QED) is 0.419. The van der Waals surface area contributed by atoms with E-state index in [0.717, 1.165) is 46.9 Å². The molecule has 0 unspecified atom stereocenters. The van der Waals surface area contributed by atoms with Gasteiger partial charge in [-0.05, 0) is 19.1 Å². The van der Waals surface area contributed by atoms with Crippen molar-refractivity contribution in [1.82, 2.24) is 19.9 Å². The van der Waals surface area contributed by atoms with Gasteiger partial charge < -0.3 is 14.2 Å². The van der Waals surface area contributed by atoms with E-state index in [0.29, 0.717) is 19.0 Å². The Morgan fingerprint density at radius 1 is 0.968 bits per heavy atom. The molecular formula is C23H23N5O2S. The minimum Gasteiger partial charge on any atom is -0.378 e. The summed E-state index contributed by atoms with van der Waals surface area (Å²) in [5.41, 5.74) is 4.15. The fraction of sp³-hybridized carbons (Fsp3) is 0.261. The van der Waals surface area contributed by atoms with Gasteiger partial charge in [-0.1, -0.05) is 64.9 Å². The lowest BCUT2D eigenvalue weighted by molar-refractivity contribution is 0.122. The number of benzene rings is 2. The topological polar surface area (TPSA) is 69.2 Å². The van der Waals surface area contributed by atoms with Crippen LogP contribution in [-0.4, -0.2) is 46.2 Å². The number of morpholine rings is 1. The number of thioether (sulfide) groups is 1. The van der Waals surface area contributed by atoms with Crippen molar-refractivity contribution in [3.63, 3.8) is 0 Å². The highest BCUT2D eigenvalue weighted by atomic mass is 32.2. The summed E-state index contributed by atoms with van der Waals surface area (Å²) in [6.45, 7) is 5.09. The number of nitrogens with zero attached hydrogens (tertiary/aromatic N) is 5. The molecule has 4 aromatic rings. The molecule has 1 fully saturated rings. The monoisotopic (exact) mass is 433 g/mol. The lowest BCUT2D eigenvalue weighted by Crippen LogP contribution is -2.37. The van der Waals surface area contributed by atoms with Crippen molar-refractivity contribution in [2.24, 2.45) is 0 Å². The summed E-state index contributed by atoms with van der Waals surface area (Å²) >= 11 is 1.60. The van der Waals surface area contributed by atoms with Gasteiger partial charge in [0.05, 0.1) is 24.6 Å². The second kappa shape index (κ2) is 8.95. The molecule has 0 spiro atoms. The molecule has 1 saturated heterocycles. The van der Waals surface area contributed by atoms with Gasteiger partial charge in [0.25, 0.3) is 0 Å².